The molecule has 0 amide bonds. The lowest BCUT2D eigenvalue weighted by Gasteiger charge is -2.11. The van der Waals surface area contributed by atoms with E-state index < -0.39 is 12.1 Å². The minimum Gasteiger partial charge on any atom is -0.464 e. The molecule has 0 aliphatic rings. The van der Waals surface area contributed by atoms with Crippen molar-refractivity contribution in [2.24, 2.45) is 0 Å². The molecule has 0 aliphatic carbocycles. The van der Waals surface area contributed by atoms with Crippen LogP contribution in [0.2, 0.25) is 5.02 Å². The van der Waals surface area contributed by atoms with Gasteiger partial charge in [-0.1, -0.05) is 54.1 Å². The van der Waals surface area contributed by atoms with Gasteiger partial charge in [-0.3, -0.25) is 0 Å². The Morgan fingerprint density at radius 3 is 2.45 bits per heavy atom. The summed E-state index contributed by atoms with van der Waals surface area (Å²) in [6, 6.07) is 14.5. The van der Waals surface area contributed by atoms with Gasteiger partial charge in [0, 0.05) is 10.6 Å². The lowest BCUT2D eigenvalue weighted by Crippen LogP contribution is -2.15. The molecule has 0 fully saturated rings. The Bertz CT molecular complexity index is 593. The maximum absolute atomic E-state index is 11.5. The molecule has 1 atom stereocenters. The third kappa shape index (κ3) is 3.18. The maximum Gasteiger partial charge on any atom is 0.339 e. The number of carbonyl (C=O) groups excluding carboxylic acids is 1. The van der Waals surface area contributed by atoms with E-state index in [0.717, 1.165) is 11.1 Å². The van der Waals surface area contributed by atoms with Crippen LogP contribution in [-0.4, -0.2) is 17.7 Å². The standard InChI is InChI=1S/C16H15ClO3/c1-2-20-16(19)15(18)12-9-7-11(8-10-12)13-5-3-4-6-14(13)17/h3-10,15,18H,2H2,1H3. The summed E-state index contributed by atoms with van der Waals surface area (Å²) in [4.78, 5) is 11.5. The molecule has 20 heavy (non-hydrogen) atoms. The lowest BCUT2D eigenvalue weighted by molar-refractivity contribution is -0.153. The lowest BCUT2D eigenvalue weighted by atomic mass is 10.0. The van der Waals surface area contributed by atoms with Crippen LogP contribution in [0.3, 0.4) is 0 Å². The summed E-state index contributed by atoms with van der Waals surface area (Å²) in [5, 5.41) is 10.5. The number of esters is 1. The van der Waals surface area contributed by atoms with E-state index in [1.165, 1.54) is 0 Å². The second kappa shape index (κ2) is 6.55. The van der Waals surface area contributed by atoms with Crippen LogP contribution < -0.4 is 0 Å². The van der Waals surface area contributed by atoms with Crippen LogP contribution in [0.5, 0.6) is 0 Å². The van der Waals surface area contributed by atoms with Crippen molar-refractivity contribution in [3.63, 3.8) is 0 Å². The van der Waals surface area contributed by atoms with Crippen molar-refractivity contribution in [1.82, 2.24) is 0 Å². The van der Waals surface area contributed by atoms with Crippen LogP contribution in [0.1, 0.15) is 18.6 Å². The molecule has 0 radical (unpaired) electrons. The van der Waals surface area contributed by atoms with Gasteiger partial charge in [-0.2, -0.15) is 0 Å². The molecule has 1 N–H and O–H groups in total. The molecule has 2 rings (SSSR count). The zero-order chi connectivity index (χ0) is 14.5. The van der Waals surface area contributed by atoms with Crippen molar-refractivity contribution >= 4 is 17.6 Å². The molecular weight excluding hydrogens is 276 g/mol. The van der Waals surface area contributed by atoms with Gasteiger partial charge in [0.15, 0.2) is 6.10 Å². The first-order chi connectivity index (χ1) is 9.63. The van der Waals surface area contributed by atoms with E-state index in [4.69, 9.17) is 16.3 Å². The molecule has 0 saturated heterocycles. The van der Waals surface area contributed by atoms with Gasteiger partial charge in [-0.25, -0.2) is 4.79 Å². The fourth-order valence-corrected chi connectivity index (χ4v) is 2.14. The van der Waals surface area contributed by atoms with Crippen LogP contribution in [0.4, 0.5) is 0 Å². The summed E-state index contributed by atoms with van der Waals surface area (Å²) >= 11 is 6.13. The molecule has 0 aromatic heterocycles. The second-order valence-electron chi connectivity index (χ2n) is 4.26. The third-order valence-electron chi connectivity index (χ3n) is 2.92. The average Bonchev–Trinajstić information content (AvgIpc) is 2.47. The van der Waals surface area contributed by atoms with Crippen molar-refractivity contribution in [2.75, 3.05) is 6.61 Å². The first kappa shape index (κ1) is 14.6. The van der Waals surface area contributed by atoms with Gasteiger partial charge in [0.1, 0.15) is 0 Å². The normalized spacial score (nSPS) is 11.9. The number of aliphatic hydroxyl groups excluding tert-OH is 1. The topological polar surface area (TPSA) is 46.5 Å². The molecule has 0 spiro atoms. The fraction of sp³-hybridized carbons (Fsp3) is 0.188. The minimum absolute atomic E-state index is 0.244. The van der Waals surface area contributed by atoms with Gasteiger partial charge in [0.05, 0.1) is 6.61 Å². The monoisotopic (exact) mass is 290 g/mol. The number of carbonyl (C=O) groups is 1. The Morgan fingerprint density at radius 2 is 1.85 bits per heavy atom. The molecule has 0 saturated carbocycles. The molecule has 0 aliphatic heterocycles. The van der Waals surface area contributed by atoms with E-state index in [2.05, 4.69) is 0 Å². The van der Waals surface area contributed by atoms with Gasteiger partial charge in [0.2, 0.25) is 0 Å². The zero-order valence-electron chi connectivity index (χ0n) is 11.0. The largest absolute Gasteiger partial charge is 0.464 e. The number of hydrogen-bond donors (Lipinski definition) is 1. The predicted octanol–water partition coefficient (Wildman–Crippen LogP) is 3.60. The highest BCUT2D eigenvalue weighted by atomic mass is 35.5. The van der Waals surface area contributed by atoms with Crippen molar-refractivity contribution < 1.29 is 14.6 Å². The fourth-order valence-electron chi connectivity index (χ4n) is 1.90. The minimum atomic E-state index is -1.25. The van der Waals surface area contributed by atoms with Gasteiger partial charge in [-0.05, 0) is 24.1 Å². The van der Waals surface area contributed by atoms with Gasteiger partial charge < -0.3 is 9.84 Å². The van der Waals surface area contributed by atoms with Crippen molar-refractivity contribution in [3.8, 4) is 11.1 Å². The summed E-state index contributed by atoms with van der Waals surface area (Å²) in [7, 11) is 0. The Morgan fingerprint density at radius 1 is 1.20 bits per heavy atom. The van der Waals surface area contributed by atoms with Crippen molar-refractivity contribution in [1.29, 1.82) is 0 Å². The smallest absolute Gasteiger partial charge is 0.339 e. The molecule has 3 nitrogen and oxygen atoms in total. The summed E-state index contributed by atoms with van der Waals surface area (Å²) in [5.41, 5.74) is 2.33. The van der Waals surface area contributed by atoms with E-state index in [9.17, 15) is 9.90 Å². The Kier molecular flexibility index (Phi) is 4.77. The number of aliphatic hydroxyl groups is 1. The van der Waals surface area contributed by atoms with E-state index in [1.54, 1.807) is 19.1 Å². The summed E-state index contributed by atoms with van der Waals surface area (Å²) < 4.78 is 4.78. The summed E-state index contributed by atoms with van der Waals surface area (Å²) in [6.45, 7) is 1.94. The molecule has 0 bridgehead atoms. The molecule has 1 unspecified atom stereocenters. The Labute approximate surface area is 122 Å². The molecule has 2 aromatic carbocycles. The van der Waals surface area contributed by atoms with E-state index in [-0.39, 0.29) is 6.61 Å². The molecule has 104 valence electrons. The van der Waals surface area contributed by atoms with Crippen LogP contribution >= 0.6 is 11.6 Å². The average molecular weight is 291 g/mol. The van der Waals surface area contributed by atoms with Gasteiger partial charge in [-0.15, -0.1) is 0 Å². The predicted molar refractivity (Wildman–Crippen MR) is 78.5 cm³/mol. The highest BCUT2D eigenvalue weighted by Crippen LogP contribution is 2.28. The van der Waals surface area contributed by atoms with Crippen LogP contribution in [0, 0.1) is 0 Å². The number of rotatable bonds is 4. The molecule has 4 heteroatoms. The molecule has 0 heterocycles. The number of halogens is 1. The highest BCUT2D eigenvalue weighted by Gasteiger charge is 2.18. The quantitative estimate of drug-likeness (QED) is 0.875. The first-order valence-corrected chi connectivity index (χ1v) is 6.71. The summed E-state index contributed by atoms with van der Waals surface area (Å²) in [6.07, 6.45) is -1.25. The van der Waals surface area contributed by atoms with E-state index in [0.29, 0.717) is 10.6 Å². The maximum atomic E-state index is 11.5. The Balaban J connectivity index is 2.23. The third-order valence-corrected chi connectivity index (χ3v) is 3.25. The number of hydrogen-bond acceptors (Lipinski definition) is 3. The van der Waals surface area contributed by atoms with Crippen molar-refractivity contribution in [3.05, 3.63) is 59.1 Å². The first-order valence-electron chi connectivity index (χ1n) is 6.33. The number of ether oxygens (including phenoxy) is 1. The van der Waals surface area contributed by atoms with Crippen LogP contribution in [0.15, 0.2) is 48.5 Å². The zero-order valence-corrected chi connectivity index (χ0v) is 11.8. The number of benzene rings is 2. The van der Waals surface area contributed by atoms with E-state index >= 15 is 0 Å². The highest BCUT2D eigenvalue weighted by molar-refractivity contribution is 6.33. The van der Waals surface area contributed by atoms with Crippen LogP contribution in [0.25, 0.3) is 11.1 Å². The van der Waals surface area contributed by atoms with Crippen molar-refractivity contribution in [2.45, 2.75) is 13.0 Å². The summed E-state index contributed by atoms with van der Waals surface area (Å²) in [5.74, 6) is -0.641. The Hall–Kier alpha value is -1.84. The second-order valence-corrected chi connectivity index (χ2v) is 4.66. The van der Waals surface area contributed by atoms with Gasteiger partial charge >= 0.3 is 5.97 Å². The molecule has 2 aromatic rings. The SMILES string of the molecule is CCOC(=O)C(O)c1ccc(-c2ccccc2Cl)cc1. The van der Waals surface area contributed by atoms with Gasteiger partial charge in [0.25, 0.3) is 0 Å². The van der Waals surface area contributed by atoms with Crippen LogP contribution in [-0.2, 0) is 9.53 Å². The molecular formula is C16H15ClO3. The van der Waals surface area contributed by atoms with E-state index in [1.807, 2.05) is 36.4 Å².